The summed E-state index contributed by atoms with van der Waals surface area (Å²) in [4.78, 5) is 14.3. The van der Waals surface area contributed by atoms with Crippen LogP contribution in [0, 0.1) is 5.82 Å². The lowest BCUT2D eigenvalue weighted by molar-refractivity contribution is -0.225. The number of carbonyl (C=O) groups is 1. The Morgan fingerprint density at radius 3 is 2.81 bits per heavy atom. The molecule has 2 aliphatic rings. The highest BCUT2D eigenvalue weighted by atomic mass is 19.1. The van der Waals surface area contributed by atoms with Crippen LogP contribution < -0.4 is 14.8 Å². The summed E-state index contributed by atoms with van der Waals surface area (Å²) in [5.74, 6) is 0.278. The molecule has 4 rings (SSSR count). The Morgan fingerprint density at radius 2 is 2.04 bits per heavy atom. The third-order valence-electron chi connectivity index (χ3n) is 4.94. The van der Waals surface area contributed by atoms with Gasteiger partial charge in [-0.3, -0.25) is 0 Å². The van der Waals surface area contributed by atoms with E-state index in [2.05, 4.69) is 5.32 Å². The molecule has 7 heteroatoms. The Bertz CT molecular complexity index is 850. The number of hydrogen-bond donors (Lipinski definition) is 1. The first kappa shape index (κ1) is 17.6. The maximum absolute atomic E-state index is 13.3. The molecule has 0 bridgehead atoms. The fraction of sp³-hybridized carbons (Fsp3) is 0.350. The van der Waals surface area contributed by atoms with E-state index >= 15 is 0 Å². The quantitative estimate of drug-likeness (QED) is 0.872. The number of nitrogens with zero attached hydrogens (tertiary/aromatic N) is 1. The highest BCUT2D eigenvalue weighted by molar-refractivity contribution is 5.89. The average Bonchev–Trinajstić information content (AvgIpc) is 2.69. The van der Waals surface area contributed by atoms with E-state index in [9.17, 15) is 9.18 Å². The van der Waals surface area contributed by atoms with Gasteiger partial charge < -0.3 is 24.4 Å². The van der Waals surface area contributed by atoms with Crippen LogP contribution in [0.3, 0.4) is 0 Å². The Hall–Kier alpha value is -2.80. The number of nitrogens with one attached hydrogen (secondary N) is 1. The van der Waals surface area contributed by atoms with E-state index in [0.29, 0.717) is 55.3 Å². The van der Waals surface area contributed by atoms with E-state index in [-0.39, 0.29) is 11.8 Å². The van der Waals surface area contributed by atoms with Crippen LogP contribution >= 0.6 is 0 Å². The number of rotatable bonds is 2. The van der Waals surface area contributed by atoms with Crippen molar-refractivity contribution in [2.45, 2.75) is 25.2 Å². The Labute approximate surface area is 156 Å². The molecule has 1 fully saturated rings. The molecule has 0 aromatic heterocycles. The van der Waals surface area contributed by atoms with E-state index in [1.165, 1.54) is 12.1 Å². The van der Waals surface area contributed by atoms with Crippen LogP contribution in [-0.2, 0) is 11.3 Å². The van der Waals surface area contributed by atoms with Crippen LogP contribution in [0.2, 0.25) is 0 Å². The topological polar surface area (TPSA) is 60.0 Å². The third-order valence-corrected chi connectivity index (χ3v) is 4.94. The van der Waals surface area contributed by atoms with Gasteiger partial charge in [0.1, 0.15) is 17.3 Å². The number of amides is 2. The molecular weight excluding hydrogens is 351 g/mol. The van der Waals surface area contributed by atoms with Gasteiger partial charge in [0.05, 0.1) is 13.7 Å². The van der Waals surface area contributed by atoms with Crippen molar-refractivity contribution in [2.24, 2.45) is 0 Å². The third kappa shape index (κ3) is 3.68. The van der Waals surface area contributed by atoms with Crippen LogP contribution in [0.5, 0.6) is 11.5 Å². The first-order valence-electron chi connectivity index (χ1n) is 8.88. The first-order valence-corrected chi connectivity index (χ1v) is 8.88. The predicted octanol–water partition coefficient (Wildman–Crippen LogP) is 3.77. The summed E-state index contributed by atoms with van der Waals surface area (Å²) in [5, 5.41) is 2.88. The van der Waals surface area contributed by atoms with Crippen LogP contribution in [0.1, 0.15) is 18.4 Å². The normalized spacial score (nSPS) is 17.8. The van der Waals surface area contributed by atoms with Gasteiger partial charge in [0, 0.05) is 43.2 Å². The summed E-state index contributed by atoms with van der Waals surface area (Å²) in [6.07, 6.45) is 1.10. The number of urea groups is 1. The van der Waals surface area contributed by atoms with Crippen LogP contribution in [0.4, 0.5) is 14.9 Å². The molecule has 2 heterocycles. The van der Waals surface area contributed by atoms with E-state index in [1.54, 1.807) is 24.1 Å². The maximum Gasteiger partial charge on any atom is 0.321 e. The number of fused-ring (bicyclic) bond motifs is 1. The Morgan fingerprint density at radius 1 is 1.22 bits per heavy atom. The van der Waals surface area contributed by atoms with Crippen molar-refractivity contribution >= 4 is 11.7 Å². The minimum atomic E-state index is -0.752. The lowest BCUT2D eigenvalue weighted by Crippen LogP contribution is -2.53. The number of methoxy groups -OCH3 is 1. The number of anilines is 1. The molecule has 0 atom stereocenters. The van der Waals surface area contributed by atoms with E-state index in [1.807, 2.05) is 18.2 Å². The van der Waals surface area contributed by atoms with Crippen molar-refractivity contribution in [2.75, 3.05) is 25.5 Å². The lowest BCUT2D eigenvalue weighted by Gasteiger charge is -2.43. The number of carbonyl (C=O) groups excluding carboxylic acids is 1. The molecule has 0 radical (unpaired) electrons. The highest BCUT2D eigenvalue weighted by Crippen LogP contribution is 2.37. The molecule has 1 spiro atoms. The fourth-order valence-corrected chi connectivity index (χ4v) is 3.40. The van der Waals surface area contributed by atoms with Gasteiger partial charge in [-0.1, -0.05) is 6.07 Å². The summed E-state index contributed by atoms with van der Waals surface area (Å²) in [7, 11) is 1.59. The second-order valence-electron chi connectivity index (χ2n) is 6.70. The second-order valence-corrected chi connectivity index (χ2v) is 6.70. The number of piperidine rings is 1. The molecule has 0 aliphatic carbocycles. The van der Waals surface area contributed by atoms with Gasteiger partial charge in [-0.25, -0.2) is 9.18 Å². The fourth-order valence-electron chi connectivity index (χ4n) is 3.40. The summed E-state index contributed by atoms with van der Waals surface area (Å²) >= 11 is 0. The molecule has 27 heavy (non-hydrogen) atoms. The average molecular weight is 372 g/mol. The zero-order chi connectivity index (χ0) is 18.9. The van der Waals surface area contributed by atoms with Gasteiger partial charge in [-0.15, -0.1) is 0 Å². The first-order chi connectivity index (χ1) is 13.1. The number of likely N-dealkylation sites (tertiary alicyclic amines) is 1. The Balaban J connectivity index is 1.37. The standard InChI is InChI=1S/C20H21FN2O4/c1-25-17-4-2-3-16(12-17)22-19(24)23-9-7-20(8-10-23)26-13-14-11-15(21)5-6-18(14)27-20/h2-6,11-12H,7-10,13H2,1H3,(H,22,24). The molecule has 6 nitrogen and oxygen atoms in total. The van der Waals surface area contributed by atoms with Crippen molar-refractivity contribution < 1.29 is 23.4 Å². The van der Waals surface area contributed by atoms with Crippen molar-refractivity contribution in [1.82, 2.24) is 4.90 Å². The Kier molecular flexibility index (Phi) is 4.61. The molecule has 1 saturated heterocycles. The molecule has 0 unspecified atom stereocenters. The summed E-state index contributed by atoms with van der Waals surface area (Å²) in [6, 6.07) is 11.5. The van der Waals surface area contributed by atoms with Gasteiger partial charge in [-0.2, -0.15) is 0 Å². The largest absolute Gasteiger partial charge is 0.497 e. The van der Waals surface area contributed by atoms with Crippen LogP contribution in [-0.4, -0.2) is 36.9 Å². The molecule has 2 aromatic carbocycles. The van der Waals surface area contributed by atoms with Crippen molar-refractivity contribution in [3.8, 4) is 11.5 Å². The number of hydrogen-bond acceptors (Lipinski definition) is 4. The van der Waals surface area contributed by atoms with Crippen molar-refractivity contribution in [3.05, 3.63) is 53.8 Å². The van der Waals surface area contributed by atoms with E-state index in [4.69, 9.17) is 14.2 Å². The van der Waals surface area contributed by atoms with Crippen LogP contribution in [0.25, 0.3) is 0 Å². The minimum Gasteiger partial charge on any atom is -0.497 e. The van der Waals surface area contributed by atoms with Gasteiger partial charge in [0.15, 0.2) is 0 Å². The van der Waals surface area contributed by atoms with Gasteiger partial charge in [0.2, 0.25) is 5.79 Å². The molecule has 1 N–H and O–H groups in total. The smallest absolute Gasteiger partial charge is 0.321 e. The van der Waals surface area contributed by atoms with Crippen molar-refractivity contribution in [1.29, 1.82) is 0 Å². The molecular formula is C20H21FN2O4. The zero-order valence-corrected chi connectivity index (χ0v) is 15.0. The highest BCUT2D eigenvalue weighted by Gasteiger charge is 2.42. The summed E-state index contributed by atoms with van der Waals surface area (Å²) in [6.45, 7) is 1.32. The molecule has 2 aliphatic heterocycles. The summed E-state index contributed by atoms with van der Waals surface area (Å²) in [5.41, 5.74) is 1.39. The molecule has 0 saturated carbocycles. The number of benzene rings is 2. The lowest BCUT2D eigenvalue weighted by atomic mass is 10.0. The number of ether oxygens (including phenoxy) is 3. The van der Waals surface area contributed by atoms with E-state index in [0.717, 1.165) is 0 Å². The predicted molar refractivity (Wildman–Crippen MR) is 97.4 cm³/mol. The molecule has 2 amide bonds. The van der Waals surface area contributed by atoms with Gasteiger partial charge in [0.25, 0.3) is 0 Å². The minimum absolute atomic E-state index is 0.170. The second kappa shape index (κ2) is 7.08. The van der Waals surface area contributed by atoms with Gasteiger partial charge >= 0.3 is 6.03 Å². The van der Waals surface area contributed by atoms with Gasteiger partial charge in [-0.05, 0) is 30.3 Å². The maximum atomic E-state index is 13.3. The monoisotopic (exact) mass is 372 g/mol. The zero-order valence-electron chi connectivity index (χ0n) is 15.0. The molecule has 142 valence electrons. The van der Waals surface area contributed by atoms with E-state index < -0.39 is 5.79 Å². The SMILES string of the molecule is COc1cccc(NC(=O)N2CCC3(CC2)OCc2cc(F)ccc2O3)c1. The summed E-state index contributed by atoms with van der Waals surface area (Å²) < 4.78 is 30.4. The number of halogens is 1. The van der Waals surface area contributed by atoms with Crippen LogP contribution in [0.15, 0.2) is 42.5 Å². The molecule has 2 aromatic rings. The van der Waals surface area contributed by atoms with Crippen molar-refractivity contribution in [3.63, 3.8) is 0 Å².